The number of ether oxygens (including phenoxy) is 2. The molecule has 0 spiro atoms. The lowest BCUT2D eigenvalue weighted by atomic mass is 9.88. The fourth-order valence-corrected chi connectivity index (χ4v) is 2.63. The summed E-state index contributed by atoms with van der Waals surface area (Å²) < 4.78 is 11.0. The molecule has 0 radical (unpaired) electrons. The van der Waals surface area contributed by atoms with Crippen molar-refractivity contribution in [1.82, 2.24) is 0 Å². The number of rotatable bonds is 4. The first-order chi connectivity index (χ1) is 9.61. The van der Waals surface area contributed by atoms with E-state index in [0.717, 1.165) is 6.42 Å². The maximum atomic E-state index is 11.8. The highest BCUT2D eigenvalue weighted by molar-refractivity contribution is 5.95. The Labute approximate surface area is 120 Å². The molecule has 1 aromatic carbocycles. The zero-order valence-electron chi connectivity index (χ0n) is 12.2. The van der Waals surface area contributed by atoms with Crippen LogP contribution in [0.15, 0.2) is 18.2 Å². The summed E-state index contributed by atoms with van der Waals surface area (Å²) in [7, 11) is 0. The smallest absolute Gasteiger partial charge is 0.340 e. The molecule has 4 heteroatoms. The molecule has 2 atom stereocenters. The van der Waals surface area contributed by atoms with Gasteiger partial charge in [-0.3, -0.25) is 0 Å². The summed E-state index contributed by atoms with van der Waals surface area (Å²) in [4.78, 5) is 11.8. The van der Waals surface area contributed by atoms with E-state index in [1.165, 1.54) is 19.3 Å². The lowest BCUT2D eigenvalue weighted by molar-refractivity contribution is 0.0526. The summed E-state index contributed by atoms with van der Waals surface area (Å²) in [6.45, 7) is 4.33. The quantitative estimate of drug-likeness (QED) is 0.676. The molecule has 0 heterocycles. The van der Waals surface area contributed by atoms with Crippen LogP contribution in [0.4, 0.5) is 5.69 Å². The number of hydrogen-bond donors (Lipinski definition) is 1. The van der Waals surface area contributed by atoms with E-state index >= 15 is 0 Å². The van der Waals surface area contributed by atoms with Crippen LogP contribution in [-0.2, 0) is 4.74 Å². The molecule has 1 aromatic rings. The molecule has 1 saturated carbocycles. The predicted octanol–water partition coefficient (Wildman–Crippen LogP) is 3.40. The number of hydrogen-bond acceptors (Lipinski definition) is 4. The number of carbonyl (C=O) groups excluding carboxylic acids is 1. The van der Waals surface area contributed by atoms with Gasteiger partial charge >= 0.3 is 5.97 Å². The second kappa shape index (κ2) is 6.64. The molecule has 1 aliphatic carbocycles. The third-order valence-electron chi connectivity index (χ3n) is 3.84. The van der Waals surface area contributed by atoms with Gasteiger partial charge in [-0.05, 0) is 50.3 Å². The first-order valence-corrected chi connectivity index (χ1v) is 7.35. The average molecular weight is 277 g/mol. The van der Waals surface area contributed by atoms with Crippen molar-refractivity contribution in [3.63, 3.8) is 0 Å². The summed E-state index contributed by atoms with van der Waals surface area (Å²) in [5.74, 6) is 0.848. The number of carbonyl (C=O) groups is 1. The standard InChI is InChI=1S/C16H23NO3/c1-3-19-16(18)13-10-12(8-9-14(13)17)20-15-7-5-4-6-11(15)2/h8-11,15H,3-7,17H2,1-2H3. The van der Waals surface area contributed by atoms with Crippen LogP contribution in [0.25, 0.3) is 0 Å². The molecule has 2 unspecified atom stereocenters. The maximum absolute atomic E-state index is 11.8. The van der Waals surface area contributed by atoms with Crippen LogP contribution >= 0.6 is 0 Å². The Kier molecular flexibility index (Phi) is 4.88. The van der Waals surface area contributed by atoms with Crippen LogP contribution in [0.5, 0.6) is 5.75 Å². The number of benzene rings is 1. The van der Waals surface area contributed by atoms with Gasteiger partial charge in [0.2, 0.25) is 0 Å². The first-order valence-electron chi connectivity index (χ1n) is 7.35. The van der Waals surface area contributed by atoms with E-state index in [1.54, 1.807) is 19.1 Å². The lowest BCUT2D eigenvalue weighted by Gasteiger charge is -2.29. The Balaban J connectivity index is 2.12. The number of nitrogen functional groups attached to an aromatic ring is 1. The van der Waals surface area contributed by atoms with Gasteiger partial charge in [-0.2, -0.15) is 0 Å². The van der Waals surface area contributed by atoms with Crippen molar-refractivity contribution in [2.75, 3.05) is 12.3 Å². The lowest BCUT2D eigenvalue weighted by Crippen LogP contribution is -2.28. The maximum Gasteiger partial charge on any atom is 0.340 e. The highest BCUT2D eigenvalue weighted by atomic mass is 16.5. The van der Waals surface area contributed by atoms with Crippen molar-refractivity contribution in [1.29, 1.82) is 0 Å². The SMILES string of the molecule is CCOC(=O)c1cc(OC2CCCCC2C)ccc1N. The van der Waals surface area contributed by atoms with Gasteiger partial charge in [-0.1, -0.05) is 13.3 Å². The van der Waals surface area contributed by atoms with E-state index in [2.05, 4.69) is 6.92 Å². The Morgan fingerprint density at radius 1 is 1.35 bits per heavy atom. The molecule has 2 N–H and O–H groups in total. The third-order valence-corrected chi connectivity index (χ3v) is 3.84. The molecule has 0 bridgehead atoms. The molecule has 110 valence electrons. The van der Waals surface area contributed by atoms with Gasteiger partial charge in [0.1, 0.15) is 11.9 Å². The first kappa shape index (κ1) is 14.7. The Bertz CT molecular complexity index is 473. The van der Waals surface area contributed by atoms with Crippen molar-refractivity contribution in [2.45, 2.75) is 45.6 Å². The minimum absolute atomic E-state index is 0.224. The van der Waals surface area contributed by atoms with Crippen molar-refractivity contribution in [3.05, 3.63) is 23.8 Å². The van der Waals surface area contributed by atoms with Gasteiger partial charge in [0.25, 0.3) is 0 Å². The molecule has 0 saturated heterocycles. The van der Waals surface area contributed by atoms with Crippen molar-refractivity contribution in [2.24, 2.45) is 5.92 Å². The van der Waals surface area contributed by atoms with E-state index in [9.17, 15) is 4.79 Å². The highest BCUT2D eigenvalue weighted by Crippen LogP contribution is 2.29. The zero-order valence-corrected chi connectivity index (χ0v) is 12.2. The molecular formula is C16H23NO3. The van der Waals surface area contributed by atoms with E-state index in [0.29, 0.717) is 29.5 Å². The van der Waals surface area contributed by atoms with Crippen molar-refractivity contribution in [3.8, 4) is 5.75 Å². The molecular weight excluding hydrogens is 254 g/mol. The average Bonchev–Trinajstić information content (AvgIpc) is 2.43. The molecule has 20 heavy (non-hydrogen) atoms. The van der Waals surface area contributed by atoms with Crippen LogP contribution < -0.4 is 10.5 Å². The second-order valence-corrected chi connectivity index (χ2v) is 5.39. The second-order valence-electron chi connectivity index (χ2n) is 5.39. The molecule has 2 rings (SSSR count). The molecule has 0 aliphatic heterocycles. The third kappa shape index (κ3) is 3.44. The van der Waals surface area contributed by atoms with Crippen LogP contribution in [0.1, 0.15) is 49.9 Å². The van der Waals surface area contributed by atoms with Gasteiger partial charge in [-0.25, -0.2) is 4.79 Å². The Morgan fingerprint density at radius 2 is 2.10 bits per heavy atom. The Hall–Kier alpha value is -1.71. The fraction of sp³-hybridized carbons (Fsp3) is 0.562. The normalized spacial score (nSPS) is 22.3. The summed E-state index contributed by atoms with van der Waals surface area (Å²) in [5.41, 5.74) is 6.63. The topological polar surface area (TPSA) is 61.5 Å². The van der Waals surface area contributed by atoms with E-state index < -0.39 is 5.97 Å². The van der Waals surface area contributed by atoms with Gasteiger partial charge in [0.05, 0.1) is 12.2 Å². The molecule has 4 nitrogen and oxygen atoms in total. The molecule has 0 aromatic heterocycles. The van der Waals surface area contributed by atoms with Gasteiger partial charge < -0.3 is 15.2 Å². The molecule has 1 fully saturated rings. The summed E-state index contributed by atoms with van der Waals surface area (Å²) in [6.07, 6.45) is 4.97. The van der Waals surface area contributed by atoms with Crippen LogP contribution in [0, 0.1) is 5.92 Å². The van der Waals surface area contributed by atoms with E-state index in [-0.39, 0.29) is 6.10 Å². The summed E-state index contributed by atoms with van der Waals surface area (Å²) >= 11 is 0. The largest absolute Gasteiger partial charge is 0.490 e. The minimum Gasteiger partial charge on any atom is -0.490 e. The number of nitrogens with two attached hydrogens (primary N) is 1. The Morgan fingerprint density at radius 3 is 2.80 bits per heavy atom. The molecule has 0 amide bonds. The number of anilines is 1. The van der Waals surface area contributed by atoms with Gasteiger partial charge in [0.15, 0.2) is 0 Å². The monoisotopic (exact) mass is 277 g/mol. The van der Waals surface area contributed by atoms with E-state index in [4.69, 9.17) is 15.2 Å². The predicted molar refractivity (Wildman–Crippen MR) is 78.9 cm³/mol. The minimum atomic E-state index is -0.396. The number of esters is 1. The van der Waals surface area contributed by atoms with Gasteiger partial charge in [0, 0.05) is 5.69 Å². The highest BCUT2D eigenvalue weighted by Gasteiger charge is 2.23. The van der Waals surface area contributed by atoms with Crippen LogP contribution in [-0.4, -0.2) is 18.7 Å². The molecule has 1 aliphatic rings. The zero-order chi connectivity index (χ0) is 14.5. The van der Waals surface area contributed by atoms with Crippen molar-refractivity contribution < 1.29 is 14.3 Å². The van der Waals surface area contributed by atoms with Crippen LogP contribution in [0.2, 0.25) is 0 Å². The summed E-state index contributed by atoms with van der Waals surface area (Å²) in [6, 6.07) is 5.21. The fourth-order valence-electron chi connectivity index (χ4n) is 2.63. The summed E-state index contributed by atoms with van der Waals surface area (Å²) in [5, 5.41) is 0. The van der Waals surface area contributed by atoms with E-state index in [1.807, 2.05) is 6.07 Å². The van der Waals surface area contributed by atoms with Crippen LogP contribution in [0.3, 0.4) is 0 Å². The van der Waals surface area contributed by atoms with Gasteiger partial charge in [-0.15, -0.1) is 0 Å². The van der Waals surface area contributed by atoms with Crippen molar-refractivity contribution >= 4 is 11.7 Å².